The summed E-state index contributed by atoms with van der Waals surface area (Å²) in [6.07, 6.45) is 1.85. The van der Waals surface area contributed by atoms with Crippen LogP contribution in [0.25, 0.3) is 0 Å². The Morgan fingerprint density at radius 3 is 1.85 bits per heavy atom. The monoisotopic (exact) mass is 276 g/mol. The van der Waals surface area contributed by atoms with Crippen molar-refractivity contribution in [2.45, 2.75) is 66.5 Å². The van der Waals surface area contributed by atoms with Gasteiger partial charge in [0.2, 0.25) is 0 Å². The SMILES string of the molecule is CCc1cccc(CC)c1NC(=O)N(C(C)C)C(C)C. The Balaban J connectivity index is 3.05. The third kappa shape index (κ3) is 3.75. The minimum Gasteiger partial charge on any atom is -0.320 e. The highest BCUT2D eigenvalue weighted by atomic mass is 16.2. The van der Waals surface area contributed by atoms with Crippen molar-refractivity contribution in [3.8, 4) is 0 Å². The molecule has 0 bridgehead atoms. The summed E-state index contributed by atoms with van der Waals surface area (Å²) in [5.74, 6) is 0. The molecule has 20 heavy (non-hydrogen) atoms. The first-order valence-electron chi connectivity index (χ1n) is 7.62. The van der Waals surface area contributed by atoms with Crippen LogP contribution in [0.5, 0.6) is 0 Å². The van der Waals surface area contributed by atoms with Gasteiger partial charge in [-0.15, -0.1) is 0 Å². The highest BCUT2D eigenvalue weighted by molar-refractivity contribution is 5.91. The molecule has 0 saturated carbocycles. The van der Waals surface area contributed by atoms with Crippen LogP contribution >= 0.6 is 0 Å². The number of carbonyl (C=O) groups excluding carboxylic acids is 1. The summed E-state index contributed by atoms with van der Waals surface area (Å²) in [6, 6.07) is 6.61. The quantitative estimate of drug-likeness (QED) is 0.846. The molecule has 0 aromatic heterocycles. The van der Waals surface area contributed by atoms with Crippen molar-refractivity contribution in [1.82, 2.24) is 4.90 Å². The molecule has 0 aliphatic carbocycles. The van der Waals surface area contributed by atoms with Crippen molar-refractivity contribution < 1.29 is 4.79 Å². The van der Waals surface area contributed by atoms with E-state index in [1.54, 1.807) is 0 Å². The van der Waals surface area contributed by atoms with Crippen LogP contribution < -0.4 is 5.32 Å². The zero-order chi connectivity index (χ0) is 15.3. The number of aryl methyl sites for hydroxylation is 2. The van der Waals surface area contributed by atoms with Gasteiger partial charge in [0.25, 0.3) is 0 Å². The van der Waals surface area contributed by atoms with E-state index < -0.39 is 0 Å². The largest absolute Gasteiger partial charge is 0.322 e. The van der Waals surface area contributed by atoms with Crippen LogP contribution in [-0.4, -0.2) is 23.0 Å². The average Bonchev–Trinajstić information content (AvgIpc) is 2.37. The van der Waals surface area contributed by atoms with E-state index in [1.807, 2.05) is 32.6 Å². The summed E-state index contributed by atoms with van der Waals surface area (Å²) >= 11 is 0. The van der Waals surface area contributed by atoms with Gasteiger partial charge in [-0.1, -0.05) is 32.0 Å². The zero-order valence-corrected chi connectivity index (χ0v) is 13.7. The van der Waals surface area contributed by atoms with Gasteiger partial charge in [-0.05, 0) is 51.7 Å². The van der Waals surface area contributed by atoms with E-state index in [2.05, 4.69) is 37.4 Å². The molecule has 3 nitrogen and oxygen atoms in total. The molecule has 0 heterocycles. The highest BCUT2D eigenvalue weighted by Crippen LogP contribution is 2.23. The Morgan fingerprint density at radius 1 is 1.05 bits per heavy atom. The van der Waals surface area contributed by atoms with Crippen LogP contribution in [0, 0.1) is 0 Å². The molecule has 3 heteroatoms. The molecule has 0 aliphatic rings. The van der Waals surface area contributed by atoms with Gasteiger partial charge in [0.05, 0.1) is 0 Å². The number of hydrogen-bond acceptors (Lipinski definition) is 1. The van der Waals surface area contributed by atoms with Crippen molar-refractivity contribution >= 4 is 11.7 Å². The van der Waals surface area contributed by atoms with E-state index in [-0.39, 0.29) is 18.1 Å². The molecule has 2 amide bonds. The fourth-order valence-corrected chi connectivity index (χ4v) is 2.64. The molecular weight excluding hydrogens is 248 g/mol. The van der Waals surface area contributed by atoms with E-state index >= 15 is 0 Å². The second kappa shape index (κ2) is 7.32. The van der Waals surface area contributed by atoms with Crippen molar-refractivity contribution in [2.75, 3.05) is 5.32 Å². The lowest BCUT2D eigenvalue weighted by Crippen LogP contribution is -2.44. The molecule has 1 aromatic rings. The van der Waals surface area contributed by atoms with Gasteiger partial charge in [-0.2, -0.15) is 0 Å². The Hall–Kier alpha value is -1.51. The molecule has 0 spiro atoms. The minimum atomic E-state index is -0.00870. The van der Waals surface area contributed by atoms with Gasteiger partial charge >= 0.3 is 6.03 Å². The van der Waals surface area contributed by atoms with Gasteiger partial charge in [0.15, 0.2) is 0 Å². The number of urea groups is 1. The van der Waals surface area contributed by atoms with Crippen LogP contribution in [0.1, 0.15) is 52.7 Å². The van der Waals surface area contributed by atoms with Gasteiger partial charge < -0.3 is 10.2 Å². The maximum atomic E-state index is 12.5. The number of amides is 2. The van der Waals surface area contributed by atoms with Gasteiger partial charge in [0.1, 0.15) is 0 Å². The van der Waals surface area contributed by atoms with Gasteiger partial charge in [-0.25, -0.2) is 4.79 Å². The molecule has 112 valence electrons. The van der Waals surface area contributed by atoms with E-state index in [0.29, 0.717) is 0 Å². The lowest BCUT2D eigenvalue weighted by Gasteiger charge is -2.31. The Labute approximate surface area is 123 Å². The fourth-order valence-electron chi connectivity index (χ4n) is 2.64. The molecule has 0 unspecified atom stereocenters. The van der Waals surface area contributed by atoms with E-state index in [4.69, 9.17) is 0 Å². The van der Waals surface area contributed by atoms with Crippen LogP contribution in [0.15, 0.2) is 18.2 Å². The first-order valence-corrected chi connectivity index (χ1v) is 7.62. The predicted molar refractivity (Wildman–Crippen MR) is 86.3 cm³/mol. The zero-order valence-electron chi connectivity index (χ0n) is 13.7. The maximum Gasteiger partial charge on any atom is 0.322 e. The number of benzene rings is 1. The lowest BCUT2D eigenvalue weighted by atomic mass is 10.0. The van der Waals surface area contributed by atoms with Crippen molar-refractivity contribution in [3.63, 3.8) is 0 Å². The summed E-state index contributed by atoms with van der Waals surface area (Å²) in [7, 11) is 0. The topological polar surface area (TPSA) is 32.3 Å². The molecule has 0 atom stereocenters. The number of anilines is 1. The Bertz CT molecular complexity index is 422. The maximum absolute atomic E-state index is 12.5. The smallest absolute Gasteiger partial charge is 0.320 e. The number of rotatable bonds is 5. The standard InChI is InChI=1S/C17H28N2O/c1-7-14-10-9-11-15(8-2)16(14)18-17(20)19(12(3)4)13(5)6/h9-13H,7-8H2,1-6H3,(H,18,20). The summed E-state index contributed by atoms with van der Waals surface area (Å²) < 4.78 is 0. The van der Waals surface area contributed by atoms with Gasteiger partial charge in [-0.3, -0.25) is 0 Å². The first-order chi connectivity index (χ1) is 9.42. The van der Waals surface area contributed by atoms with E-state index in [0.717, 1.165) is 18.5 Å². The summed E-state index contributed by atoms with van der Waals surface area (Å²) in [5, 5.41) is 3.13. The van der Waals surface area contributed by atoms with Crippen LogP contribution in [0.3, 0.4) is 0 Å². The number of hydrogen-bond donors (Lipinski definition) is 1. The normalized spacial score (nSPS) is 11.0. The summed E-state index contributed by atoms with van der Waals surface area (Å²) in [5.41, 5.74) is 3.39. The molecular formula is C17H28N2O. The number of nitrogens with zero attached hydrogens (tertiary/aromatic N) is 1. The fraction of sp³-hybridized carbons (Fsp3) is 0.588. The molecule has 0 radical (unpaired) electrons. The van der Waals surface area contributed by atoms with Crippen molar-refractivity contribution in [1.29, 1.82) is 0 Å². The van der Waals surface area contributed by atoms with Crippen molar-refractivity contribution in [3.05, 3.63) is 29.3 Å². The van der Waals surface area contributed by atoms with Crippen LogP contribution in [0.4, 0.5) is 10.5 Å². The molecule has 1 N–H and O–H groups in total. The lowest BCUT2D eigenvalue weighted by molar-refractivity contribution is 0.178. The van der Waals surface area contributed by atoms with Crippen molar-refractivity contribution in [2.24, 2.45) is 0 Å². The summed E-state index contributed by atoms with van der Waals surface area (Å²) in [4.78, 5) is 14.4. The minimum absolute atomic E-state index is 0.00870. The van der Waals surface area contributed by atoms with E-state index in [1.165, 1.54) is 11.1 Å². The number of carbonyl (C=O) groups is 1. The summed E-state index contributed by atoms with van der Waals surface area (Å²) in [6.45, 7) is 12.4. The molecule has 0 aliphatic heterocycles. The van der Waals surface area contributed by atoms with Crippen LogP contribution in [0.2, 0.25) is 0 Å². The van der Waals surface area contributed by atoms with E-state index in [9.17, 15) is 4.79 Å². The average molecular weight is 276 g/mol. The van der Waals surface area contributed by atoms with Crippen LogP contribution in [-0.2, 0) is 12.8 Å². The molecule has 0 fully saturated rings. The third-order valence-corrected chi connectivity index (χ3v) is 3.58. The third-order valence-electron chi connectivity index (χ3n) is 3.58. The molecule has 0 saturated heterocycles. The highest BCUT2D eigenvalue weighted by Gasteiger charge is 2.21. The first kappa shape index (κ1) is 16.5. The predicted octanol–water partition coefficient (Wildman–Crippen LogP) is 4.46. The van der Waals surface area contributed by atoms with Gasteiger partial charge in [0, 0.05) is 17.8 Å². The molecule has 1 rings (SSSR count). The molecule has 1 aromatic carbocycles. The number of para-hydroxylation sites is 1. The second-order valence-corrected chi connectivity index (χ2v) is 5.68. The number of nitrogens with one attached hydrogen (secondary N) is 1. The second-order valence-electron chi connectivity index (χ2n) is 5.68. The Morgan fingerprint density at radius 2 is 1.50 bits per heavy atom. The Kier molecular flexibility index (Phi) is 6.05.